The topological polar surface area (TPSA) is 49.7 Å². The normalized spacial score (nSPS) is 17.9. The SMILES string of the molecule is COc1cccc(C(CCN2CCCC2)=NN=C(CCN2CCCC2)c2cccc(OC)c2)c1. The lowest BCUT2D eigenvalue weighted by atomic mass is 10.1. The van der Waals surface area contributed by atoms with Crippen molar-refractivity contribution in [2.75, 3.05) is 53.5 Å². The summed E-state index contributed by atoms with van der Waals surface area (Å²) in [6.45, 7) is 6.74. The maximum absolute atomic E-state index is 5.48. The summed E-state index contributed by atoms with van der Waals surface area (Å²) in [6, 6.07) is 16.3. The number of rotatable bonds is 11. The zero-order valence-electron chi connectivity index (χ0n) is 20.7. The molecule has 2 fully saturated rings. The Labute approximate surface area is 204 Å². The highest BCUT2D eigenvalue weighted by atomic mass is 16.5. The van der Waals surface area contributed by atoms with Crippen molar-refractivity contribution in [1.29, 1.82) is 0 Å². The van der Waals surface area contributed by atoms with E-state index in [2.05, 4.69) is 34.1 Å². The van der Waals surface area contributed by atoms with Crippen LogP contribution >= 0.6 is 0 Å². The van der Waals surface area contributed by atoms with E-state index in [4.69, 9.17) is 19.7 Å². The second kappa shape index (κ2) is 12.7. The maximum Gasteiger partial charge on any atom is 0.119 e. The summed E-state index contributed by atoms with van der Waals surface area (Å²) in [5.74, 6) is 1.69. The van der Waals surface area contributed by atoms with Crippen LogP contribution in [-0.4, -0.2) is 74.7 Å². The van der Waals surface area contributed by atoms with Gasteiger partial charge in [0.05, 0.1) is 25.6 Å². The Morgan fingerprint density at radius 1 is 0.676 bits per heavy atom. The van der Waals surface area contributed by atoms with E-state index in [0.717, 1.165) is 60.0 Å². The van der Waals surface area contributed by atoms with Crippen molar-refractivity contribution in [2.45, 2.75) is 38.5 Å². The molecule has 34 heavy (non-hydrogen) atoms. The summed E-state index contributed by atoms with van der Waals surface area (Å²) >= 11 is 0. The highest BCUT2D eigenvalue weighted by Crippen LogP contribution is 2.19. The fourth-order valence-electron chi connectivity index (χ4n) is 4.77. The van der Waals surface area contributed by atoms with Crippen molar-refractivity contribution >= 4 is 11.4 Å². The van der Waals surface area contributed by atoms with E-state index in [9.17, 15) is 0 Å². The van der Waals surface area contributed by atoms with Gasteiger partial charge in [-0.3, -0.25) is 0 Å². The van der Waals surface area contributed by atoms with Gasteiger partial charge in [0.1, 0.15) is 11.5 Å². The number of ether oxygens (including phenoxy) is 2. The van der Waals surface area contributed by atoms with Crippen LogP contribution in [0.5, 0.6) is 11.5 Å². The Morgan fingerprint density at radius 2 is 1.09 bits per heavy atom. The fraction of sp³-hybridized carbons (Fsp3) is 0.500. The van der Waals surface area contributed by atoms with Crippen molar-refractivity contribution in [3.8, 4) is 11.5 Å². The van der Waals surface area contributed by atoms with Crippen LogP contribution in [0.4, 0.5) is 0 Å². The Hall–Kier alpha value is -2.70. The third kappa shape index (κ3) is 6.90. The Bertz CT molecular complexity index is 896. The van der Waals surface area contributed by atoms with Gasteiger partial charge >= 0.3 is 0 Å². The molecular weight excluding hydrogens is 424 g/mol. The first kappa shape index (κ1) is 24.4. The first-order valence-corrected chi connectivity index (χ1v) is 12.6. The molecule has 4 rings (SSSR count). The van der Waals surface area contributed by atoms with Crippen molar-refractivity contribution < 1.29 is 9.47 Å². The molecule has 0 radical (unpaired) electrons. The second-order valence-corrected chi connectivity index (χ2v) is 9.15. The summed E-state index contributed by atoms with van der Waals surface area (Å²) in [6.07, 6.45) is 6.91. The van der Waals surface area contributed by atoms with Crippen LogP contribution in [0.25, 0.3) is 0 Å². The summed E-state index contributed by atoms with van der Waals surface area (Å²) in [5, 5.41) is 9.74. The van der Waals surface area contributed by atoms with Gasteiger partial charge in [0.25, 0.3) is 0 Å². The smallest absolute Gasteiger partial charge is 0.119 e. The first-order valence-electron chi connectivity index (χ1n) is 12.6. The van der Waals surface area contributed by atoms with Gasteiger partial charge in [-0.1, -0.05) is 24.3 Å². The molecule has 0 N–H and O–H groups in total. The first-order chi connectivity index (χ1) is 16.7. The van der Waals surface area contributed by atoms with Gasteiger partial charge < -0.3 is 19.3 Å². The third-order valence-electron chi connectivity index (χ3n) is 6.82. The summed E-state index contributed by atoms with van der Waals surface area (Å²) in [7, 11) is 3.41. The molecule has 0 atom stereocenters. The van der Waals surface area contributed by atoms with E-state index in [1.165, 1.54) is 51.9 Å². The van der Waals surface area contributed by atoms with E-state index >= 15 is 0 Å². The lowest BCUT2D eigenvalue weighted by molar-refractivity contribution is 0.349. The highest BCUT2D eigenvalue weighted by molar-refractivity contribution is 6.04. The summed E-state index contributed by atoms with van der Waals surface area (Å²) < 4.78 is 11.0. The van der Waals surface area contributed by atoms with Crippen molar-refractivity contribution in [2.24, 2.45) is 10.2 Å². The molecule has 0 bridgehead atoms. The fourth-order valence-corrected chi connectivity index (χ4v) is 4.77. The van der Waals surface area contributed by atoms with Crippen LogP contribution < -0.4 is 9.47 Å². The Morgan fingerprint density at radius 3 is 1.47 bits per heavy atom. The Kier molecular flexibility index (Phi) is 9.11. The molecule has 182 valence electrons. The van der Waals surface area contributed by atoms with Crippen molar-refractivity contribution in [1.82, 2.24) is 9.80 Å². The van der Waals surface area contributed by atoms with Gasteiger partial charge in [0.15, 0.2) is 0 Å². The number of nitrogens with zero attached hydrogens (tertiary/aromatic N) is 4. The predicted octanol–water partition coefficient (Wildman–Crippen LogP) is 4.87. The van der Waals surface area contributed by atoms with Crippen LogP contribution in [0.3, 0.4) is 0 Å². The maximum atomic E-state index is 5.48. The summed E-state index contributed by atoms with van der Waals surface area (Å²) in [5.41, 5.74) is 4.17. The minimum atomic E-state index is 0.845. The summed E-state index contributed by atoms with van der Waals surface area (Å²) in [4.78, 5) is 5.05. The molecule has 6 nitrogen and oxygen atoms in total. The van der Waals surface area contributed by atoms with Gasteiger partial charge in [0, 0.05) is 37.1 Å². The van der Waals surface area contributed by atoms with E-state index in [1.54, 1.807) is 14.2 Å². The minimum Gasteiger partial charge on any atom is -0.497 e. The van der Waals surface area contributed by atoms with Gasteiger partial charge in [-0.15, -0.1) is 0 Å². The molecule has 2 aliphatic rings. The number of methoxy groups -OCH3 is 2. The van der Waals surface area contributed by atoms with Crippen LogP contribution in [0.1, 0.15) is 49.7 Å². The van der Waals surface area contributed by atoms with E-state index in [0.29, 0.717) is 0 Å². The molecule has 2 heterocycles. The zero-order chi connectivity index (χ0) is 23.6. The third-order valence-corrected chi connectivity index (χ3v) is 6.82. The quantitative estimate of drug-likeness (QED) is 0.353. The van der Waals surface area contributed by atoms with Crippen LogP contribution in [0.2, 0.25) is 0 Å². The number of likely N-dealkylation sites (tertiary alicyclic amines) is 2. The average Bonchev–Trinajstić information content (AvgIpc) is 3.60. The van der Waals surface area contributed by atoms with Crippen LogP contribution in [0.15, 0.2) is 58.7 Å². The zero-order valence-corrected chi connectivity index (χ0v) is 20.7. The van der Waals surface area contributed by atoms with Gasteiger partial charge in [-0.05, 0) is 76.1 Å². The highest BCUT2D eigenvalue weighted by Gasteiger charge is 2.16. The molecule has 0 aliphatic carbocycles. The van der Waals surface area contributed by atoms with E-state index in [1.807, 2.05) is 24.3 Å². The molecule has 0 spiro atoms. The lowest BCUT2D eigenvalue weighted by Crippen LogP contribution is -2.23. The molecule has 0 saturated carbocycles. The number of hydrogen-bond acceptors (Lipinski definition) is 6. The van der Waals surface area contributed by atoms with Crippen molar-refractivity contribution in [3.05, 3.63) is 59.7 Å². The molecule has 0 aromatic heterocycles. The lowest BCUT2D eigenvalue weighted by Gasteiger charge is -2.16. The molecule has 2 aromatic rings. The monoisotopic (exact) mass is 462 g/mol. The molecular formula is C28H38N4O2. The second-order valence-electron chi connectivity index (χ2n) is 9.15. The average molecular weight is 463 g/mol. The predicted molar refractivity (Wildman–Crippen MR) is 140 cm³/mol. The van der Waals surface area contributed by atoms with Crippen LogP contribution in [0, 0.1) is 0 Å². The molecule has 2 aromatic carbocycles. The number of benzene rings is 2. The molecule has 2 aliphatic heterocycles. The Balaban J connectivity index is 1.62. The largest absolute Gasteiger partial charge is 0.497 e. The van der Waals surface area contributed by atoms with Crippen LogP contribution in [-0.2, 0) is 0 Å². The standard InChI is InChI=1S/C28H38N4O2/c1-33-25-11-7-9-23(21-25)27(13-19-31-15-3-4-16-31)29-30-28(14-20-32-17-5-6-18-32)24-10-8-12-26(22-24)34-2/h7-12,21-22H,3-6,13-20H2,1-2H3. The van der Waals surface area contributed by atoms with E-state index in [-0.39, 0.29) is 0 Å². The minimum absolute atomic E-state index is 0.845. The number of hydrogen-bond donors (Lipinski definition) is 0. The molecule has 0 amide bonds. The van der Waals surface area contributed by atoms with Crippen molar-refractivity contribution in [3.63, 3.8) is 0 Å². The van der Waals surface area contributed by atoms with Gasteiger partial charge in [-0.2, -0.15) is 10.2 Å². The molecule has 6 heteroatoms. The molecule has 0 unspecified atom stereocenters. The van der Waals surface area contributed by atoms with Gasteiger partial charge in [-0.25, -0.2) is 0 Å². The van der Waals surface area contributed by atoms with Gasteiger partial charge in [0.2, 0.25) is 0 Å². The van der Waals surface area contributed by atoms with E-state index < -0.39 is 0 Å². The molecule has 2 saturated heterocycles.